The molecule has 0 aliphatic heterocycles. The molecular formula is C10H18N2O3. The first-order valence-corrected chi connectivity index (χ1v) is 5.30. The summed E-state index contributed by atoms with van der Waals surface area (Å²) in [5.74, 6) is -1.31. The number of nitrogens with one attached hydrogen (secondary N) is 2. The molecule has 1 aliphatic rings. The normalized spacial score (nSPS) is 17.9. The third-order valence-electron chi connectivity index (χ3n) is 2.94. The molecule has 0 aromatic rings. The molecule has 0 unspecified atom stereocenters. The number of rotatable bonds is 6. The molecule has 0 spiro atoms. The van der Waals surface area contributed by atoms with Crippen LogP contribution in [0.3, 0.4) is 0 Å². The molecule has 15 heavy (non-hydrogen) atoms. The van der Waals surface area contributed by atoms with E-state index in [1.54, 1.807) is 0 Å². The monoisotopic (exact) mass is 214 g/mol. The average molecular weight is 214 g/mol. The Morgan fingerprint density at radius 3 is 2.40 bits per heavy atom. The molecule has 0 saturated heterocycles. The Morgan fingerprint density at radius 1 is 1.33 bits per heavy atom. The highest BCUT2D eigenvalue weighted by molar-refractivity contribution is 6.02. The molecule has 5 nitrogen and oxygen atoms in total. The summed E-state index contributed by atoms with van der Waals surface area (Å²) in [6.45, 7) is 1.36. The number of carbonyl (C=O) groups excluding carboxylic acids is 1. The fourth-order valence-electron chi connectivity index (χ4n) is 1.70. The van der Waals surface area contributed by atoms with Gasteiger partial charge in [-0.2, -0.15) is 0 Å². The van der Waals surface area contributed by atoms with Gasteiger partial charge in [-0.3, -0.25) is 9.59 Å². The minimum absolute atomic E-state index is 0.322. The number of carboxylic acids is 1. The first kappa shape index (κ1) is 12.0. The second-order valence-corrected chi connectivity index (χ2v) is 3.95. The van der Waals surface area contributed by atoms with Crippen LogP contribution in [0.25, 0.3) is 0 Å². The van der Waals surface area contributed by atoms with E-state index in [4.69, 9.17) is 5.11 Å². The van der Waals surface area contributed by atoms with Gasteiger partial charge < -0.3 is 15.7 Å². The van der Waals surface area contributed by atoms with Gasteiger partial charge in [-0.05, 0) is 32.9 Å². The van der Waals surface area contributed by atoms with Crippen LogP contribution in [0.5, 0.6) is 0 Å². The summed E-state index contributed by atoms with van der Waals surface area (Å²) in [5, 5.41) is 14.6. The SMILES string of the molecule is CNCCCNC(=O)C1(C(=O)O)CCC1. The molecule has 0 atom stereocenters. The molecule has 5 heteroatoms. The Kier molecular flexibility index (Phi) is 4.08. The van der Waals surface area contributed by atoms with Crippen molar-refractivity contribution in [1.29, 1.82) is 0 Å². The van der Waals surface area contributed by atoms with E-state index in [0.717, 1.165) is 19.4 Å². The fraction of sp³-hybridized carbons (Fsp3) is 0.800. The molecule has 3 N–H and O–H groups in total. The molecule has 1 fully saturated rings. The van der Waals surface area contributed by atoms with Crippen LogP contribution in [-0.4, -0.2) is 37.1 Å². The lowest BCUT2D eigenvalue weighted by atomic mass is 9.68. The number of hydrogen-bond donors (Lipinski definition) is 3. The molecule has 86 valence electrons. The summed E-state index contributed by atoms with van der Waals surface area (Å²) in [5.41, 5.74) is -1.13. The molecule has 0 aromatic carbocycles. The van der Waals surface area contributed by atoms with Gasteiger partial charge >= 0.3 is 5.97 Å². The first-order valence-electron chi connectivity index (χ1n) is 5.30. The lowest BCUT2D eigenvalue weighted by Gasteiger charge is -2.35. The first-order chi connectivity index (χ1) is 7.13. The van der Waals surface area contributed by atoms with Gasteiger partial charge in [-0.25, -0.2) is 0 Å². The Hall–Kier alpha value is -1.10. The van der Waals surface area contributed by atoms with Gasteiger partial charge in [0, 0.05) is 6.54 Å². The molecule has 0 radical (unpaired) electrons. The molecule has 0 aromatic heterocycles. The number of hydrogen-bond acceptors (Lipinski definition) is 3. The Morgan fingerprint density at radius 2 is 2.00 bits per heavy atom. The van der Waals surface area contributed by atoms with E-state index in [1.807, 2.05) is 7.05 Å². The van der Waals surface area contributed by atoms with Gasteiger partial charge in [-0.15, -0.1) is 0 Å². The van der Waals surface area contributed by atoms with Crippen LogP contribution in [0.15, 0.2) is 0 Å². The van der Waals surface area contributed by atoms with Crippen molar-refractivity contribution in [3.8, 4) is 0 Å². The second-order valence-electron chi connectivity index (χ2n) is 3.95. The predicted molar refractivity (Wildman–Crippen MR) is 55.5 cm³/mol. The van der Waals surface area contributed by atoms with Gasteiger partial charge in [0.25, 0.3) is 0 Å². The van der Waals surface area contributed by atoms with Crippen molar-refractivity contribution in [2.24, 2.45) is 5.41 Å². The quantitative estimate of drug-likeness (QED) is 0.428. The summed E-state index contributed by atoms with van der Waals surface area (Å²) < 4.78 is 0. The van der Waals surface area contributed by atoms with Crippen LogP contribution < -0.4 is 10.6 Å². The summed E-state index contributed by atoms with van der Waals surface area (Å²) >= 11 is 0. The van der Waals surface area contributed by atoms with Crippen LogP contribution in [-0.2, 0) is 9.59 Å². The van der Waals surface area contributed by atoms with E-state index in [9.17, 15) is 9.59 Å². The predicted octanol–water partition coefficient (Wildman–Crippen LogP) is -0.0330. The number of carboxylic acid groups (broad SMARTS) is 1. The number of amides is 1. The Bertz CT molecular complexity index is 249. The minimum atomic E-state index is -1.13. The number of aliphatic carboxylic acids is 1. The van der Waals surface area contributed by atoms with Gasteiger partial charge in [0.05, 0.1) is 0 Å². The molecule has 1 rings (SSSR count). The van der Waals surface area contributed by atoms with Crippen molar-refractivity contribution >= 4 is 11.9 Å². The van der Waals surface area contributed by atoms with Crippen molar-refractivity contribution in [3.63, 3.8) is 0 Å². The third-order valence-corrected chi connectivity index (χ3v) is 2.94. The lowest BCUT2D eigenvalue weighted by molar-refractivity contribution is -0.162. The fourth-order valence-corrected chi connectivity index (χ4v) is 1.70. The Balaban J connectivity index is 2.35. The second kappa shape index (κ2) is 5.11. The largest absolute Gasteiger partial charge is 0.480 e. The van der Waals surface area contributed by atoms with Crippen LogP contribution >= 0.6 is 0 Å². The van der Waals surface area contributed by atoms with Crippen molar-refractivity contribution in [1.82, 2.24) is 10.6 Å². The summed E-state index contributed by atoms with van der Waals surface area (Å²) in [6, 6.07) is 0. The van der Waals surface area contributed by atoms with Crippen LogP contribution in [0.2, 0.25) is 0 Å². The lowest BCUT2D eigenvalue weighted by Crippen LogP contribution is -2.51. The molecule has 0 bridgehead atoms. The standard InChI is InChI=1S/C10H18N2O3/c1-11-6-3-7-12-8(13)10(9(14)15)4-2-5-10/h11H,2-7H2,1H3,(H,12,13)(H,14,15). The smallest absolute Gasteiger partial charge is 0.319 e. The maximum Gasteiger partial charge on any atom is 0.319 e. The molecular weight excluding hydrogens is 196 g/mol. The molecule has 1 aliphatic carbocycles. The zero-order valence-electron chi connectivity index (χ0n) is 9.01. The van der Waals surface area contributed by atoms with Gasteiger partial charge in [0.15, 0.2) is 0 Å². The average Bonchev–Trinajstić information content (AvgIpc) is 2.10. The van der Waals surface area contributed by atoms with Crippen LogP contribution in [0.1, 0.15) is 25.7 Å². The van der Waals surface area contributed by atoms with Gasteiger partial charge in [-0.1, -0.05) is 6.42 Å². The van der Waals surface area contributed by atoms with Gasteiger partial charge in [0.1, 0.15) is 5.41 Å². The van der Waals surface area contributed by atoms with E-state index in [1.165, 1.54) is 0 Å². The highest BCUT2D eigenvalue weighted by Gasteiger charge is 2.50. The zero-order chi connectivity index (χ0) is 11.3. The Labute approximate surface area is 89.2 Å². The van der Waals surface area contributed by atoms with E-state index in [2.05, 4.69) is 10.6 Å². The number of carbonyl (C=O) groups is 2. The topological polar surface area (TPSA) is 78.4 Å². The van der Waals surface area contributed by atoms with Crippen molar-refractivity contribution < 1.29 is 14.7 Å². The maximum absolute atomic E-state index is 11.6. The third kappa shape index (κ3) is 2.47. The highest BCUT2D eigenvalue weighted by Crippen LogP contribution is 2.41. The van der Waals surface area contributed by atoms with Crippen molar-refractivity contribution in [2.45, 2.75) is 25.7 Å². The summed E-state index contributed by atoms with van der Waals surface area (Å²) in [7, 11) is 1.84. The van der Waals surface area contributed by atoms with Crippen molar-refractivity contribution in [2.75, 3.05) is 20.1 Å². The highest BCUT2D eigenvalue weighted by atomic mass is 16.4. The minimum Gasteiger partial charge on any atom is -0.480 e. The van der Waals surface area contributed by atoms with E-state index in [0.29, 0.717) is 19.4 Å². The summed E-state index contributed by atoms with van der Waals surface area (Å²) in [6.07, 6.45) is 2.59. The maximum atomic E-state index is 11.6. The van der Waals surface area contributed by atoms with E-state index < -0.39 is 11.4 Å². The van der Waals surface area contributed by atoms with Crippen LogP contribution in [0, 0.1) is 5.41 Å². The molecule has 1 saturated carbocycles. The van der Waals surface area contributed by atoms with Crippen molar-refractivity contribution in [3.05, 3.63) is 0 Å². The summed E-state index contributed by atoms with van der Waals surface area (Å²) in [4.78, 5) is 22.6. The molecule has 0 heterocycles. The van der Waals surface area contributed by atoms with Crippen LogP contribution in [0.4, 0.5) is 0 Å². The van der Waals surface area contributed by atoms with Gasteiger partial charge in [0.2, 0.25) is 5.91 Å². The molecule has 1 amide bonds. The van der Waals surface area contributed by atoms with E-state index in [-0.39, 0.29) is 5.91 Å². The zero-order valence-corrected chi connectivity index (χ0v) is 9.01. The van der Waals surface area contributed by atoms with E-state index >= 15 is 0 Å².